The zero-order valence-corrected chi connectivity index (χ0v) is 29.2. The first kappa shape index (κ1) is 37.4. The number of nitrogens with zero attached hydrogens (tertiary/aromatic N) is 3. The number of hydrogen-bond acceptors (Lipinski definition) is 9. The molecule has 266 valence electrons. The smallest absolute Gasteiger partial charge is 0.335 e. The van der Waals surface area contributed by atoms with E-state index in [1.807, 2.05) is 33.0 Å². The first-order chi connectivity index (χ1) is 23.4. The summed E-state index contributed by atoms with van der Waals surface area (Å²) in [7, 11) is 1.98. The highest BCUT2D eigenvalue weighted by molar-refractivity contribution is 6.03. The number of carboxylic acid groups (broad SMARTS) is 1. The van der Waals surface area contributed by atoms with Crippen LogP contribution in [0, 0.1) is 19.8 Å². The van der Waals surface area contributed by atoms with Crippen molar-refractivity contribution < 1.29 is 38.6 Å². The standard InChI is InChI=1S/C36H49N5O8/c1-22-18-41(23(2)21-42)34(43)30-17-29(37-36(46)38-33-25(4)39-49-26(33)5)14-15-31(30)48-24(3)9-7-8-16-47-32(22)20-40(6)19-27-10-12-28(13-11-27)35(44)45/h10-15,17,22-24,32,42H,7-9,16,18-21H2,1-6H3,(H,44,45)(H2,37,38,46)/t22-,23-,24-,32+/m0/s1. The van der Waals surface area contributed by atoms with Crippen LogP contribution < -0.4 is 15.4 Å². The number of carbonyl (C=O) groups is 3. The molecule has 4 atom stereocenters. The molecule has 1 aromatic heterocycles. The second-order valence-electron chi connectivity index (χ2n) is 13.0. The van der Waals surface area contributed by atoms with E-state index in [0.29, 0.717) is 54.8 Å². The van der Waals surface area contributed by atoms with E-state index in [1.54, 1.807) is 56.0 Å². The number of aliphatic hydroxyl groups is 1. The number of likely N-dealkylation sites (N-methyl/N-ethyl adjacent to an activating group) is 1. The van der Waals surface area contributed by atoms with E-state index in [-0.39, 0.29) is 41.8 Å². The zero-order valence-electron chi connectivity index (χ0n) is 29.2. The third-order valence-corrected chi connectivity index (χ3v) is 8.73. The lowest BCUT2D eigenvalue weighted by atomic mass is 10.0. The van der Waals surface area contributed by atoms with Crippen molar-refractivity contribution in [1.82, 2.24) is 15.0 Å². The molecule has 1 aliphatic heterocycles. The largest absolute Gasteiger partial charge is 0.490 e. The summed E-state index contributed by atoms with van der Waals surface area (Å²) in [6.45, 7) is 11.0. The summed E-state index contributed by atoms with van der Waals surface area (Å²) in [5.41, 5.74) is 2.88. The molecule has 0 spiro atoms. The first-order valence-electron chi connectivity index (χ1n) is 16.7. The fourth-order valence-corrected chi connectivity index (χ4v) is 5.84. The Morgan fingerprint density at radius 3 is 2.49 bits per heavy atom. The van der Waals surface area contributed by atoms with Crippen LogP contribution in [0.25, 0.3) is 0 Å². The van der Waals surface area contributed by atoms with Crippen LogP contribution in [-0.2, 0) is 11.3 Å². The van der Waals surface area contributed by atoms with Gasteiger partial charge >= 0.3 is 12.0 Å². The van der Waals surface area contributed by atoms with Gasteiger partial charge in [0.2, 0.25) is 0 Å². The van der Waals surface area contributed by atoms with Crippen molar-refractivity contribution >= 4 is 29.3 Å². The number of aromatic nitrogens is 1. The van der Waals surface area contributed by atoms with Crippen LogP contribution in [0.5, 0.6) is 5.75 Å². The van der Waals surface area contributed by atoms with Crippen LogP contribution in [0.1, 0.15) is 77.8 Å². The first-order valence-corrected chi connectivity index (χ1v) is 16.7. The number of carboxylic acids is 1. The lowest BCUT2D eigenvalue weighted by Crippen LogP contribution is -2.47. The normalized spacial score (nSPS) is 19.8. The van der Waals surface area contributed by atoms with E-state index in [0.717, 1.165) is 24.8 Å². The fourth-order valence-electron chi connectivity index (χ4n) is 5.84. The minimum absolute atomic E-state index is 0.122. The third kappa shape index (κ3) is 10.3. The maximum atomic E-state index is 14.4. The highest BCUT2D eigenvalue weighted by Gasteiger charge is 2.30. The number of hydrogen-bond donors (Lipinski definition) is 4. The van der Waals surface area contributed by atoms with Gasteiger partial charge in [0, 0.05) is 37.8 Å². The van der Waals surface area contributed by atoms with Gasteiger partial charge in [-0.25, -0.2) is 9.59 Å². The Bertz CT molecular complexity index is 1560. The summed E-state index contributed by atoms with van der Waals surface area (Å²) in [5.74, 6) is -0.556. The van der Waals surface area contributed by atoms with Crippen molar-refractivity contribution in [3.63, 3.8) is 0 Å². The maximum Gasteiger partial charge on any atom is 0.335 e. The monoisotopic (exact) mass is 679 g/mol. The minimum atomic E-state index is -0.965. The Balaban J connectivity index is 1.58. The van der Waals surface area contributed by atoms with Crippen molar-refractivity contribution in [3.05, 3.63) is 70.6 Å². The number of rotatable bonds is 9. The van der Waals surface area contributed by atoms with E-state index >= 15 is 0 Å². The molecule has 1 aliphatic rings. The molecule has 0 aliphatic carbocycles. The average Bonchev–Trinajstić information content (AvgIpc) is 3.38. The summed E-state index contributed by atoms with van der Waals surface area (Å²) in [4.78, 5) is 42.3. The predicted octanol–water partition coefficient (Wildman–Crippen LogP) is 5.56. The number of aryl methyl sites for hydroxylation is 2. The summed E-state index contributed by atoms with van der Waals surface area (Å²) in [5, 5.41) is 28.9. The Kier molecular flexibility index (Phi) is 13.2. The molecule has 0 saturated carbocycles. The molecule has 2 aromatic carbocycles. The summed E-state index contributed by atoms with van der Waals surface area (Å²) >= 11 is 0. The van der Waals surface area contributed by atoms with E-state index in [1.165, 1.54) is 0 Å². The molecule has 13 heteroatoms. The minimum Gasteiger partial charge on any atom is -0.490 e. The number of benzene rings is 2. The van der Waals surface area contributed by atoms with Crippen molar-refractivity contribution in [1.29, 1.82) is 0 Å². The molecule has 0 unspecified atom stereocenters. The fraction of sp³-hybridized carbons (Fsp3) is 0.500. The van der Waals surface area contributed by atoms with Crippen molar-refractivity contribution in [3.8, 4) is 5.75 Å². The molecule has 0 bridgehead atoms. The van der Waals surface area contributed by atoms with Crippen LogP contribution in [0.4, 0.5) is 16.2 Å². The topological polar surface area (TPSA) is 167 Å². The second kappa shape index (κ2) is 17.3. The number of carbonyl (C=O) groups excluding carboxylic acids is 2. The highest BCUT2D eigenvalue weighted by Crippen LogP contribution is 2.29. The van der Waals surface area contributed by atoms with Gasteiger partial charge in [0.05, 0.1) is 36.0 Å². The Hall–Kier alpha value is -4.46. The lowest BCUT2D eigenvalue weighted by molar-refractivity contribution is -0.0177. The molecule has 2 heterocycles. The Morgan fingerprint density at radius 2 is 1.84 bits per heavy atom. The average molecular weight is 680 g/mol. The van der Waals surface area contributed by atoms with Gasteiger partial charge in [0.25, 0.3) is 5.91 Å². The highest BCUT2D eigenvalue weighted by atomic mass is 16.5. The predicted molar refractivity (Wildman–Crippen MR) is 185 cm³/mol. The van der Waals surface area contributed by atoms with E-state index < -0.39 is 18.0 Å². The number of aliphatic hydroxyl groups excluding tert-OH is 1. The van der Waals surface area contributed by atoms with Crippen LogP contribution in [0.3, 0.4) is 0 Å². The molecule has 3 aromatic rings. The molecule has 13 nitrogen and oxygen atoms in total. The van der Waals surface area contributed by atoms with Gasteiger partial charge in [0.1, 0.15) is 17.1 Å². The van der Waals surface area contributed by atoms with Gasteiger partial charge in [-0.15, -0.1) is 0 Å². The number of amides is 3. The van der Waals surface area contributed by atoms with Gasteiger partial charge < -0.3 is 39.7 Å². The summed E-state index contributed by atoms with van der Waals surface area (Å²) in [6, 6.07) is 10.8. The van der Waals surface area contributed by atoms with Crippen molar-refractivity contribution in [2.75, 3.05) is 44.0 Å². The molecule has 0 radical (unpaired) electrons. The van der Waals surface area contributed by atoms with Crippen LogP contribution >= 0.6 is 0 Å². The van der Waals surface area contributed by atoms with Crippen molar-refractivity contribution in [2.24, 2.45) is 5.92 Å². The van der Waals surface area contributed by atoms with Gasteiger partial charge in [-0.3, -0.25) is 9.69 Å². The van der Waals surface area contributed by atoms with E-state index in [2.05, 4.69) is 20.7 Å². The van der Waals surface area contributed by atoms with E-state index in [9.17, 15) is 24.6 Å². The molecule has 4 rings (SSSR count). The molecular formula is C36H49N5O8. The van der Waals surface area contributed by atoms with Gasteiger partial charge in [-0.1, -0.05) is 24.2 Å². The molecule has 49 heavy (non-hydrogen) atoms. The molecule has 4 N–H and O–H groups in total. The van der Waals surface area contributed by atoms with Crippen molar-refractivity contribution in [2.45, 2.75) is 78.7 Å². The number of ether oxygens (including phenoxy) is 2. The number of urea groups is 1. The third-order valence-electron chi connectivity index (χ3n) is 8.73. The zero-order chi connectivity index (χ0) is 35.7. The molecule has 0 saturated heterocycles. The van der Waals surface area contributed by atoms with Gasteiger partial charge in [0.15, 0.2) is 5.76 Å². The molecule has 3 amide bonds. The van der Waals surface area contributed by atoms with Gasteiger partial charge in [-0.2, -0.15) is 0 Å². The molecule has 0 fully saturated rings. The second-order valence-corrected chi connectivity index (χ2v) is 13.0. The summed E-state index contributed by atoms with van der Waals surface area (Å²) in [6.07, 6.45) is 2.03. The number of aromatic carboxylic acids is 1. The molecular weight excluding hydrogens is 630 g/mol. The Labute approximate surface area is 287 Å². The lowest BCUT2D eigenvalue weighted by Gasteiger charge is -2.36. The maximum absolute atomic E-state index is 14.4. The van der Waals surface area contributed by atoms with E-state index in [4.69, 9.17) is 14.0 Å². The van der Waals surface area contributed by atoms with Crippen LogP contribution in [-0.4, -0.2) is 94.7 Å². The van der Waals surface area contributed by atoms with Crippen LogP contribution in [0.2, 0.25) is 0 Å². The van der Waals surface area contributed by atoms with Gasteiger partial charge in [-0.05, 0) is 89.9 Å². The quantitative estimate of drug-likeness (QED) is 0.225. The number of nitrogens with one attached hydrogen (secondary N) is 2. The van der Waals surface area contributed by atoms with Crippen LogP contribution in [0.15, 0.2) is 47.0 Å². The number of fused-ring (bicyclic) bond motifs is 1. The SMILES string of the molecule is Cc1noc(C)c1NC(=O)Nc1ccc2c(c1)C(=O)N([C@@H](C)CO)C[C@H](C)[C@@H](CN(C)Cc1ccc(C(=O)O)cc1)OCCCC[C@H](C)O2. The Morgan fingerprint density at radius 1 is 1.10 bits per heavy atom. The number of anilines is 2. The summed E-state index contributed by atoms with van der Waals surface area (Å²) < 4.78 is 17.9.